The summed E-state index contributed by atoms with van der Waals surface area (Å²) in [7, 11) is 0. The van der Waals surface area contributed by atoms with Crippen molar-refractivity contribution in [1.82, 2.24) is 0 Å². The van der Waals surface area contributed by atoms with Crippen LogP contribution in [-0.4, -0.2) is 29.8 Å². The predicted molar refractivity (Wildman–Crippen MR) is 51.1 cm³/mol. The van der Waals surface area contributed by atoms with Gasteiger partial charge < -0.3 is 15.6 Å². The van der Waals surface area contributed by atoms with Crippen LogP contribution in [0.15, 0.2) is 0 Å². The highest BCUT2D eigenvalue weighted by Gasteiger charge is 2.28. The van der Waals surface area contributed by atoms with Gasteiger partial charge in [-0.3, -0.25) is 4.79 Å². The van der Waals surface area contributed by atoms with Crippen LogP contribution in [0, 0.1) is 0 Å². The maximum atomic E-state index is 10.3. The summed E-state index contributed by atoms with van der Waals surface area (Å²) in [4.78, 5) is 10.3. The molecule has 1 fully saturated rings. The molecule has 0 radical (unpaired) electrons. The van der Waals surface area contributed by atoms with Crippen LogP contribution in [0.3, 0.4) is 0 Å². The van der Waals surface area contributed by atoms with Gasteiger partial charge in [-0.1, -0.05) is 0 Å². The fourth-order valence-corrected chi connectivity index (χ4v) is 1.38. The molecule has 0 spiro atoms. The van der Waals surface area contributed by atoms with Crippen LogP contribution in [0.5, 0.6) is 0 Å². The van der Waals surface area contributed by atoms with Crippen molar-refractivity contribution < 1.29 is 14.6 Å². The lowest BCUT2D eigenvalue weighted by Crippen LogP contribution is -2.45. The van der Waals surface area contributed by atoms with E-state index in [4.69, 9.17) is 15.6 Å². The van der Waals surface area contributed by atoms with Crippen LogP contribution < -0.4 is 5.73 Å². The van der Waals surface area contributed by atoms with Gasteiger partial charge in [0.1, 0.15) is 0 Å². The number of halogens is 1. The molecule has 13 heavy (non-hydrogen) atoms. The van der Waals surface area contributed by atoms with E-state index < -0.39 is 5.97 Å². The average molecular weight is 210 g/mol. The Kier molecular flexibility index (Phi) is 5.29. The molecule has 0 aromatic heterocycles. The van der Waals surface area contributed by atoms with Crippen LogP contribution in [-0.2, 0) is 9.53 Å². The van der Waals surface area contributed by atoms with E-state index in [2.05, 4.69) is 0 Å². The molecule has 1 aliphatic rings. The summed E-state index contributed by atoms with van der Waals surface area (Å²) in [6, 6.07) is 0. The number of carbonyl (C=O) groups is 1. The highest BCUT2D eigenvalue weighted by molar-refractivity contribution is 5.85. The molecule has 0 bridgehead atoms. The fourth-order valence-electron chi connectivity index (χ4n) is 1.38. The number of nitrogens with two attached hydrogens (primary N) is 1. The molecule has 0 aliphatic carbocycles. The Labute approximate surface area is 83.9 Å². The van der Waals surface area contributed by atoms with E-state index in [1.165, 1.54) is 0 Å². The van der Waals surface area contributed by atoms with Crippen LogP contribution in [0.2, 0.25) is 0 Å². The Morgan fingerprint density at radius 3 is 2.46 bits per heavy atom. The molecule has 3 N–H and O–H groups in total. The maximum Gasteiger partial charge on any atom is 0.303 e. The largest absolute Gasteiger partial charge is 0.481 e. The number of ether oxygens (including phenoxy) is 1. The Hall–Kier alpha value is -0.320. The topological polar surface area (TPSA) is 72.6 Å². The third-order valence-corrected chi connectivity index (χ3v) is 2.33. The molecule has 78 valence electrons. The molecule has 1 rings (SSSR count). The highest BCUT2D eigenvalue weighted by atomic mass is 35.5. The molecule has 0 saturated carbocycles. The van der Waals surface area contributed by atoms with Gasteiger partial charge in [-0.05, 0) is 19.3 Å². The molecular weight excluding hydrogens is 194 g/mol. The zero-order valence-electron chi connectivity index (χ0n) is 7.49. The molecule has 0 atom stereocenters. The first kappa shape index (κ1) is 12.7. The minimum atomic E-state index is -0.772. The van der Waals surface area contributed by atoms with Crippen molar-refractivity contribution in [2.75, 3.05) is 13.2 Å². The number of carboxylic acid groups (broad SMARTS) is 1. The van der Waals surface area contributed by atoms with Crippen molar-refractivity contribution >= 4 is 18.4 Å². The molecular formula is C8H16ClNO3. The first-order chi connectivity index (χ1) is 5.62. The van der Waals surface area contributed by atoms with Crippen molar-refractivity contribution in [3.8, 4) is 0 Å². The average Bonchev–Trinajstić information content (AvgIpc) is 2.03. The number of hydrogen-bond acceptors (Lipinski definition) is 3. The van der Waals surface area contributed by atoms with Crippen molar-refractivity contribution in [2.24, 2.45) is 5.73 Å². The van der Waals surface area contributed by atoms with Gasteiger partial charge in [-0.2, -0.15) is 0 Å². The van der Waals surface area contributed by atoms with E-state index >= 15 is 0 Å². The second kappa shape index (κ2) is 5.42. The minimum absolute atomic E-state index is 0. The summed E-state index contributed by atoms with van der Waals surface area (Å²) in [5.41, 5.74) is 5.67. The van der Waals surface area contributed by atoms with Crippen LogP contribution in [0.25, 0.3) is 0 Å². The Morgan fingerprint density at radius 2 is 2.00 bits per heavy atom. The number of carboxylic acids is 1. The van der Waals surface area contributed by atoms with Gasteiger partial charge in [-0.25, -0.2) is 0 Å². The van der Waals surface area contributed by atoms with E-state index in [9.17, 15) is 4.79 Å². The lowest BCUT2D eigenvalue weighted by atomic mass is 9.87. The first-order valence-corrected chi connectivity index (χ1v) is 4.21. The highest BCUT2D eigenvalue weighted by Crippen LogP contribution is 2.22. The zero-order chi connectivity index (χ0) is 9.03. The molecule has 1 saturated heterocycles. The summed E-state index contributed by atoms with van der Waals surface area (Å²) in [6.07, 6.45) is 2.28. The lowest BCUT2D eigenvalue weighted by molar-refractivity contribution is -0.137. The first-order valence-electron chi connectivity index (χ1n) is 4.21. The van der Waals surface area contributed by atoms with Gasteiger partial charge in [0.2, 0.25) is 0 Å². The number of hydrogen-bond donors (Lipinski definition) is 2. The molecule has 0 aromatic carbocycles. The van der Waals surface area contributed by atoms with Crippen molar-refractivity contribution in [3.63, 3.8) is 0 Å². The summed E-state index contributed by atoms with van der Waals surface area (Å²) in [6.45, 7) is 1.33. The van der Waals surface area contributed by atoms with Gasteiger partial charge in [0, 0.05) is 25.2 Å². The Balaban J connectivity index is 0.00000144. The molecule has 0 amide bonds. The minimum Gasteiger partial charge on any atom is -0.481 e. The van der Waals surface area contributed by atoms with E-state index in [0.29, 0.717) is 19.6 Å². The van der Waals surface area contributed by atoms with Gasteiger partial charge in [0.25, 0.3) is 0 Å². The smallest absolute Gasteiger partial charge is 0.303 e. The number of aliphatic carboxylic acids is 1. The van der Waals surface area contributed by atoms with Gasteiger partial charge in [0.05, 0.1) is 0 Å². The predicted octanol–water partition coefficient (Wildman–Crippen LogP) is 0.781. The van der Waals surface area contributed by atoms with E-state index in [1.807, 2.05) is 0 Å². The van der Waals surface area contributed by atoms with E-state index in [1.54, 1.807) is 0 Å². The zero-order valence-corrected chi connectivity index (χ0v) is 8.31. The lowest BCUT2D eigenvalue weighted by Gasteiger charge is -2.32. The molecule has 1 aliphatic heterocycles. The summed E-state index contributed by atoms with van der Waals surface area (Å²) in [5, 5.41) is 8.47. The summed E-state index contributed by atoms with van der Waals surface area (Å²) >= 11 is 0. The molecule has 5 heteroatoms. The van der Waals surface area contributed by atoms with E-state index in [-0.39, 0.29) is 24.4 Å². The fraction of sp³-hybridized carbons (Fsp3) is 0.875. The third kappa shape index (κ3) is 4.45. The van der Waals surface area contributed by atoms with Crippen molar-refractivity contribution in [3.05, 3.63) is 0 Å². The van der Waals surface area contributed by atoms with Crippen LogP contribution in [0.4, 0.5) is 0 Å². The molecule has 1 heterocycles. The number of rotatable bonds is 3. The van der Waals surface area contributed by atoms with Crippen molar-refractivity contribution in [2.45, 2.75) is 31.2 Å². The SMILES string of the molecule is Cl.NC1(CCC(=O)O)CCOCC1. The summed E-state index contributed by atoms with van der Waals surface area (Å²) < 4.78 is 5.14. The maximum absolute atomic E-state index is 10.3. The van der Waals surface area contributed by atoms with Crippen LogP contribution >= 0.6 is 12.4 Å². The van der Waals surface area contributed by atoms with Crippen LogP contribution in [0.1, 0.15) is 25.7 Å². The second-order valence-corrected chi connectivity index (χ2v) is 3.37. The molecule has 0 aromatic rings. The van der Waals surface area contributed by atoms with Gasteiger partial charge >= 0.3 is 5.97 Å². The molecule has 0 unspecified atom stereocenters. The van der Waals surface area contributed by atoms with E-state index in [0.717, 1.165) is 12.8 Å². The monoisotopic (exact) mass is 209 g/mol. The Bertz CT molecular complexity index is 169. The van der Waals surface area contributed by atoms with Crippen molar-refractivity contribution in [1.29, 1.82) is 0 Å². The molecule has 4 nitrogen and oxygen atoms in total. The standard InChI is InChI=1S/C8H15NO3.ClH/c9-8(2-1-7(10)11)3-5-12-6-4-8;/h1-6,9H2,(H,10,11);1H. The van der Waals surface area contributed by atoms with Gasteiger partial charge in [0.15, 0.2) is 0 Å². The van der Waals surface area contributed by atoms with Gasteiger partial charge in [-0.15, -0.1) is 12.4 Å². The Morgan fingerprint density at radius 1 is 1.46 bits per heavy atom. The second-order valence-electron chi connectivity index (χ2n) is 3.37. The third-order valence-electron chi connectivity index (χ3n) is 2.33. The summed E-state index contributed by atoms with van der Waals surface area (Å²) in [5.74, 6) is -0.772. The quantitative estimate of drug-likeness (QED) is 0.721. The normalized spacial score (nSPS) is 20.4.